The van der Waals surface area contributed by atoms with E-state index in [0.717, 1.165) is 33.1 Å². The molecule has 0 unspecified atom stereocenters. The standard InChI is InChI=1S/C22H23NO4S/c1-13-10-19(25-4)20(26-5)11-17(13)12-27-18-8-6-16(7-9-18)22-23-14(2)21(28-22)15(3)24/h6-11H,12H2,1-5H3. The van der Waals surface area contributed by atoms with Crippen molar-refractivity contribution < 1.29 is 19.0 Å². The highest BCUT2D eigenvalue weighted by atomic mass is 32.1. The first kappa shape index (κ1) is 19.9. The number of benzene rings is 2. The third-order valence-corrected chi connectivity index (χ3v) is 5.76. The molecule has 0 N–H and O–H groups in total. The van der Waals surface area contributed by atoms with Crippen molar-refractivity contribution in [1.29, 1.82) is 0 Å². The smallest absolute Gasteiger partial charge is 0.171 e. The van der Waals surface area contributed by atoms with Crippen LogP contribution in [0.15, 0.2) is 36.4 Å². The monoisotopic (exact) mass is 397 g/mol. The number of ketones is 1. The van der Waals surface area contributed by atoms with Crippen molar-refractivity contribution in [3.63, 3.8) is 0 Å². The minimum atomic E-state index is 0.0477. The first-order chi connectivity index (χ1) is 13.4. The minimum Gasteiger partial charge on any atom is -0.493 e. The van der Waals surface area contributed by atoms with Gasteiger partial charge in [-0.3, -0.25) is 4.79 Å². The lowest BCUT2D eigenvalue weighted by Gasteiger charge is -2.13. The van der Waals surface area contributed by atoms with Gasteiger partial charge in [-0.05, 0) is 61.4 Å². The van der Waals surface area contributed by atoms with Crippen LogP contribution in [0.4, 0.5) is 0 Å². The number of hydrogen-bond acceptors (Lipinski definition) is 6. The molecule has 1 heterocycles. The molecule has 0 spiro atoms. The summed E-state index contributed by atoms with van der Waals surface area (Å²) in [6.07, 6.45) is 0. The van der Waals surface area contributed by atoms with Gasteiger partial charge in [-0.2, -0.15) is 0 Å². The second kappa shape index (κ2) is 8.44. The molecule has 28 heavy (non-hydrogen) atoms. The number of rotatable bonds is 7. The van der Waals surface area contributed by atoms with E-state index in [9.17, 15) is 4.79 Å². The van der Waals surface area contributed by atoms with E-state index in [0.29, 0.717) is 23.0 Å². The number of ether oxygens (including phenoxy) is 3. The number of hydrogen-bond donors (Lipinski definition) is 0. The van der Waals surface area contributed by atoms with Crippen LogP contribution in [0.2, 0.25) is 0 Å². The molecule has 0 saturated heterocycles. The van der Waals surface area contributed by atoms with Gasteiger partial charge in [0, 0.05) is 12.5 Å². The molecule has 0 atom stereocenters. The molecule has 146 valence electrons. The summed E-state index contributed by atoms with van der Waals surface area (Å²) >= 11 is 1.42. The predicted octanol–water partition coefficient (Wildman–Crippen LogP) is 5.23. The number of aromatic nitrogens is 1. The van der Waals surface area contributed by atoms with Gasteiger partial charge in [-0.15, -0.1) is 11.3 Å². The maximum atomic E-state index is 11.6. The molecule has 0 amide bonds. The van der Waals surface area contributed by atoms with E-state index in [1.54, 1.807) is 21.1 Å². The summed E-state index contributed by atoms with van der Waals surface area (Å²) in [5, 5.41) is 0.838. The summed E-state index contributed by atoms with van der Waals surface area (Å²) in [6.45, 7) is 5.87. The van der Waals surface area contributed by atoms with Crippen molar-refractivity contribution in [3.8, 4) is 27.8 Å². The van der Waals surface area contributed by atoms with Crippen LogP contribution in [0.5, 0.6) is 17.2 Å². The average Bonchev–Trinajstić information content (AvgIpc) is 3.09. The number of carbonyl (C=O) groups excluding carboxylic acids is 1. The molecule has 0 aliphatic carbocycles. The molecule has 0 saturated carbocycles. The van der Waals surface area contributed by atoms with Crippen molar-refractivity contribution in [2.45, 2.75) is 27.4 Å². The molecular formula is C22H23NO4S. The molecule has 6 heteroatoms. The molecule has 3 aromatic rings. The number of nitrogens with zero attached hydrogens (tertiary/aromatic N) is 1. The molecule has 0 aliphatic rings. The first-order valence-corrected chi connectivity index (χ1v) is 9.67. The van der Waals surface area contributed by atoms with Crippen LogP contribution in [0.1, 0.15) is 33.4 Å². The van der Waals surface area contributed by atoms with Crippen LogP contribution in [0.3, 0.4) is 0 Å². The zero-order valence-corrected chi connectivity index (χ0v) is 17.5. The lowest BCUT2D eigenvalue weighted by Crippen LogP contribution is -2.00. The zero-order chi connectivity index (χ0) is 20.3. The second-order valence-corrected chi connectivity index (χ2v) is 7.44. The van der Waals surface area contributed by atoms with Gasteiger partial charge in [0.15, 0.2) is 17.3 Å². The normalized spacial score (nSPS) is 10.6. The average molecular weight is 397 g/mol. The summed E-state index contributed by atoms with van der Waals surface area (Å²) in [7, 11) is 3.24. The zero-order valence-electron chi connectivity index (χ0n) is 16.7. The van der Waals surface area contributed by atoms with Gasteiger partial charge < -0.3 is 14.2 Å². The topological polar surface area (TPSA) is 57.7 Å². The van der Waals surface area contributed by atoms with Crippen molar-refractivity contribution in [3.05, 3.63) is 58.1 Å². The maximum absolute atomic E-state index is 11.6. The largest absolute Gasteiger partial charge is 0.493 e. The van der Waals surface area contributed by atoms with Crippen LogP contribution in [-0.4, -0.2) is 25.0 Å². The van der Waals surface area contributed by atoms with Gasteiger partial charge in [0.25, 0.3) is 0 Å². The number of thiazole rings is 1. The Hall–Kier alpha value is -2.86. The fourth-order valence-corrected chi connectivity index (χ4v) is 3.85. The Balaban J connectivity index is 1.73. The fraction of sp³-hybridized carbons (Fsp3) is 0.273. The van der Waals surface area contributed by atoms with E-state index in [2.05, 4.69) is 4.98 Å². The Morgan fingerprint density at radius 3 is 2.25 bits per heavy atom. The Morgan fingerprint density at radius 2 is 1.68 bits per heavy atom. The third-order valence-electron chi connectivity index (χ3n) is 4.45. The molecular weight excluding hydrogens is 374 g/mol. The maximum Gasteiger partial charge on any atom is 0.171 e. The number of methoxy groups -OCH3 is 2. The molecule has 3 rings (SSSR count). The van der Waals surface area contributed by atoms with E-state index in [4.69, 9.17) is 14.2 Å². The van der Waals surface area contributed by atoms with Crippen LogP contribution in [0.25, 0.3) is 10.6 Å². The molecule has 1 aromatic heterocycles. The predicted molar refractivity (Wildman–Crippen MR) is 111 cm³/mol. The highest BCUT2D eigenvalue weighted by molar-refractivity contribution is 7.17. The SMILES string of the molecule is COc1cc(C)c(COc2ccc(-c3nc(C)c(C(C)=O)s3)cc2)cc1OC. The summed E-state index contributed by atoms with van der Waals surface area (Å²) in [4.78, 5) is 16.8. The summed E-state index contributed by atoms with van der Waals surface area (Å²) in [6, 6.07) is 11.6. The van der Waals surface area contributed by atoms with Crippen molar-refractivity contribution in [2.24, 2.45) is 0 Å². The second-order valence-electron chi connectivity index (χ2n) is 6.44. The Morgan fingerprint density at radius 1 is 1.04 bits per heavy atom. The van der Waals surface area contributed by atoms with E-state index >= 15 is 0 Å². The van der Waals surface area contributed by atoms with Gasteiger partial charge in [-0.1, -0.05) is 0 Å². The highest BCUT2D eigenvalue weighted by Crippen LogP contribution is 2.32. The summed E-state index contributed by atoms with van der Waals surface area (Å²) in [5.74, 6) is 2.20. The van der Waals surface area contributed by atoms with Gasteiger partial charge in [0.1, 0.15) is 17.4 Å². The summed E-state index contributed by atoms with van der Waals surface area (Å²) in [5.41, 5.74) is 3.85. The molecule has 5 nitrogen and oxygen atoms in total. The van der Waals surface area contributed by atoms with E-state index in [1.807, 2.05) is 50.2 Å². The van der Waals surface area contributed by atoms with Crippen LogP contribution < -0.4 is 14.2 Å². The molecule has 2 aromatic carbocycles. The lowest BCUT2D eigenvalue weighted by molar-refractivity contribution is 0.102. The van der Waals surface area contributed by atoms with Gasteiger partial charge in [0.2, 0.25) is 0 Å². The molecule has 0 fully saturated rings. The lowest BCUT2D eigenvalue weighted by atomic mass is 10.1. The summed E-state index contributed by atoms with van der Waals surface area (Å²) < 4.78 is 16.6. The molecule has 0 aliphatic heterocycles. The van der Waals surface area contributed by atoms with Crippen LogP contribution in [-0.2, 0) is 6.61 Å². The quantitative estimate of drug-likeness (QED) is 0.511. The van der Waals surface area contributed by atoms with Crippen molar-refractivity contribution in [1.82, 2.24) is 4.98 Å². The first-order valence-electron chi connectivity index (χ1n) is 8.86. The van der Waals surface area contributed by atoms with E-state index < -0.39 is 0 Å². The van der Waals surface area contributed by atoms with E-state index in [-0.39, 0.29) is 5.78 Å². The highest BCUT2D eigenvalue weighted by Gasteiger charge is 2.13. The molecule has 0 bridgehead atoms. The Kier molecular flexibility index (Phi) is 5.99. The fourth-order valence-electron chi connectivity index (χ4n) is 2.88. The van der Waals surface area contributed by atoms with Gasteiger partial charge in [0.05, 0.1) is 24.8 Å². The van der Waals surface area contributed by atoms with Crippen molar-refractivity contribution in [2.75, 3.05) is 14.2 Å². The Bertz CT molecular complexity index is 993. The van der Waals surface area contributed by atoms with E-state index in [1.165, 1.54) is 11.3 Å². The Labute approximate surface area is 168 Å². The van der Waals surface area contributed by atoms with Crippen LogP contribution in [0, 0.1) is 13.8 Å². The van der Waals surface area contributed by atoms with Crippen LogP contribution >= 0.6 is 11.3 Å². The third kappa shape index (κ3) is 4.17. The number of Topliss-reactive ketones (excluding diaryl/α,β-unsaturated/α-hetero) is 1. The number of aryl methyl sites for hydroxylation is 2. The number of carbonyl (C=O) groups is 1. The molecule has 0 radical (unpaired) electrons. The minimum absolute atomic E-state index is 0.0477. The van der Waals surface area contributed by atoms with Gasteiger partial charge in [-0.25, -0.2) is 4.98 Å². The van der Waals surface area contributed by atoms with Gasteiger partial charge >= 0.3 is 0 Å². The van der Waals surface area contributed by atoms with Crippen molar-refractivity contribution >= 4 is 17.1 Å².